The van der Waals surface area contributed by atoms with Crippen LogP contribution in [0.3, 0.4) is 0 Å². The molecular formula is C27H35N3O3. The second-order valence-electron chi connectivity index (χ2n) is 9.12. The molecule has 0 unspecified atom stereocenters. The molecule has 2 heterocycles. The van der Waals surface area contributed by atoms with Crippen molar-refractivity contribution >= 4 is 0 Å². The van der Waals surface area contributed by atoms with Crippen molar-refractivity contribution in [2.24, 2.45) is 0 Å². The minimum atomic E-state index is -0.756. The lowest BCUT2D eigenvalue weighted by atomic mass is 9.92. The Kier molecular flexibility index (Phi) is 7.68. The Bertz CT molecular complexity index is 990. The molecule has 2 aromatic carbocycles. The number of aromatic nitrogens is 2. The zero-order valence-electron chi connectivity index (χ0n) is 19.7. The Morgan fingerprint density at radius 3 is 2.27 bits per heavy atom. The summed E-state index contributed by atoms with van der Waals surface area (Å²) >= 11 is 0. The molecule has 1 aliphatic rings. The second kappa shape index (κ2) is 10.9. The Morgan fingerprint density at radius 1 is 0.939 bits per heavy atom. The van der Waals surface area contributed by atoms with Crippen LogP contribution in [-0.2, 0) is 13.1 Å². The van der Waals surface area contributed by atoms with Gasteiger partial charge in [-0.25, -0.2) is 4.98 Å². The third-order valence-corrected chi connectivity index (χ3v) is 6.38. The van der Waals surface area contributed by atoms with E-state index < -0.39 is 5.60 Å². The van der Waals surface area contributed by atoms with Gasteiger partial charge < -0.3 is 19.1 Å². The number of aryl methyl sites for hydroxylation is 3. The molecule has 33 heavy (non-hydrogen) atoms. The lowest BCUT2D eigenvalue weighted by Crippen LogP contribution is -2.47. The van der Waals surface area contributed by atoms with Gasteiger partial charge in [0.25, 0.3) is 0 Å². The van der Waals surface area contributed by atoms with Gasteiger partial charge in [-0.15, -0.1) is 0 Å². The molecule has 1 aromatic heterocycles. The highest BCUT2D eigenvalue weighted by molar-refractivity contribution is 5.28. The average Bonchev–Trinajstić information content (AvgIpc) is 3.24. The standard InChI is InChI=1S/C27H35N3O3/c1-22-4-8-26(9-5-22)33-21-27(31)12-16-29(17-13-27)20-24-6-10-25(11-7-24)32-19-3-15-30-18-14-28-23(30)2/h4-11,14,18,31H,3,12-13,15-17,19-21H2,1-2H3. The van der Waals surface area contributed by atoms with E-state index in [1.54, 1.807) is 0 Å². The molecule has 0 spiro atoms. The molecule has 176 valence electrons. The van der Waals surface area contributed by atoms with Crippen LogP contribution < -0.4 is 9.47 Å². The highest BCUT2D eigenvalue weighted by atomic mass is 16.5. The summed E-state index contributed by atoms with van der Waals surface area (Å²) in [5.41, 5.74) is 1.71. The predicted molar refractivity (Wildman–Crippen MR) is 130 cm³/mol. The Balaban J connectivity index is 1.16. The molecule has 1 aliphatic heterocycles. The highest BCUT2D eigenvalue weighted by Gasteiger charge is 2.33. The topological polar surface area (TPSA) is 59.8 Å². The summed E-state index contributed by atoms with van der Waals surface area (Å²) in [6, 6.07) is 16.3. The summed E-state index contributed by atoms with van der Waals surface area (Å²) in [5.74, 6) is 2.76. The summed E-state index contributed by atoms with van der Waals surface area (Å²) in [6.45, 7) is 8.62. The van der Waals surface area contributed by atoms with Crippen molar-refractivity contribution in [1.82, 2.24) is 14.5 Å². The van der Waals surface area contributed by atoms with Crippen LogP contribution >= 0.6 is 0 Å². The first-order valence-corrected chi connectivity index (χ1v) is 11.8. The predicted octanol–water partition coefficient (Wildman–Crippen LogP) is 4.37. The Morgan fingerprint density at radius 2 is 1.61 bits per heavy atom. The molecule has 0 radical (unpaired) electrons. The van der Waals surface area contributed by atoms with Gasteiger partial charge in [0.15, 0.2) is 0 Å². The molecule has 0 saturated carbocycles. The fraction of sp³-hybridized carbons (Fsp3) is 0.444. The minimum Gasteiger partial charge on any atom is -0.494 e. The van der Waals surface area contributed by atoms with Gasteiger partial charge in [-0.3, -0.25) is 4.90 Å². The van der Waals surface area contributed by atoms with Crippen LogP contribution in [0.4, 0.5) is 0 Å². The molecule has 6 heteroatoms. The van der Waals surface area contributed by atoms with Crippen LogP contribution in [0.2, 0.25) is 0 Å². The average molecular weight is 450 g/mol. The number of ether oxygens (including phenoxy) is 2. The van der Waals surface area contributed by atoms with E-state index in [1.807, 2.05) is 55.7 Å². The van der Waals surface area contributed by atoms with Crippen molar-refractivity contribution in [2.45, 2.75) is 51.8 Å². The Hall–Kier alpha value is -2.83. The molecule has 3 aromatic rings. The largest absolute Gasteiger partial charge is 0.494 e. The number of aliphatic hydroxyl groups is 1. The Labute approximate surface area is 196 Å². The van der Waals surface area contributed by atoms with E-state index >= 15 is 0 Å². The maximum absolute atomic E-state index is 10.9. The molecule has 6 nitrogen and oxygen atoms in total. The van der Waals surface area contributed by atoms with E-state index in [0.717, 1.165) is 62.8 Å². The third kappa shape index (κ3) is 6.83. The quantitative estimate of drug-likeness (QED) is 0.466. The smallest absolute Gasteiger partial charge is 0.119 e. The van der Waals surface area contributed by atoms with Crippen LogP contribution in [0, 0.1) is 13.8 Å². The first kappa shape index (κ1) is 23.3. The number of rotatable bonds is 10. The lowest BCUT2D eigenvalue weighted by molar-refractivity contribution is -0.0537. The van der Waals surface area contributed by atoms with E-state index in [4.69, 9.17) is 9.47 Å². The fourth-order valence-corrected chi connectivity index (χ4v) is 4.14. The van der Waals surface area contributed by atoms with E-state index in [9.17, 15) is 5.11 Å². The number of hydrogen-bond donors (Lipinski definition) is 1. The SMILES string of the molecule is Cc1ccc(OCC2(O)CCN(Cc3ccc(OCCCn4ccnc4C)cc3)CC2)cc1. The highest BCUT2D eigenvalue weighted by Crippen LogP contribution is 2.25. The number of imidazole rings is 1. The first-order chi connectivity index (χ1) is 16.0. The maximum atomic E-state index is 10.9. The van der Waals surface area contributed by atoms with Gasteiger partial charge in [-0.1, -0.05) is 29.8 Å². The summed E-state index contributed by atoms with van der Waals surface area (Å²) in [5, 5.41) is 10.9. The van der Waals surface area contributed by atoms with E-state index in [0.29, 0.717) is 13.2 Å². The maximum Gasteiger partial charge on any atom is 0.119 e. The molecule has 0 bridgehead atoms. The van der Waals surface area contributed by atoms with Crippen LogP contribution in [-0.4, -0.2) is 51.5 Å². The van der Waals surface area contributed by atoms with Gasteiger partial charge in [0, 0.05) is 38.6 Å². The van der Waals surface area contributed by atoms with Crippen molar-refractivity contribution in [3.63, 3.8) is 0 Å². The van der Waals surface area contributed by atoms with Crippen LogP contribution in [0.15, 0.2) is 60.9 Å². The summed E-state index contributed by atoms with van der Waals surface area (Å²) < 4.78 is 13.9. The number of benzene rings is 2. The molecule has 4 rings (SSSR count). The molecule has 1 saturated heterocycles. The summed E-state index contributed by atoms with van der Waals surface area (Å²) in [4.78, 5) is 6.63. The molecule has 0 aliphatic carbocycles. The zero-order valence-corrected chi connectivity index (χ0v) is 19.7. The van der Waals surface area contributed by atoms with E-state index in [-0.39, 0.29) is 0 Å². The van der Waals surface area contributed by atoms with Crippen molar-refractivity contribution in [3.05, 3.63) is 77.9 Å². The van der Waals surface area contributed by atoms with Crippen LogP contribution in [0.1, 0.15) is 36.2 Å². The van der Waals surface area contributed by atoms with Crippen LogP contribution in [0.25, 0.3) is 0 Å². The lowest BCUT2D eigenvalue weighted by Gasteiger charge is -2.38. The first-order valence-electron chi connectivity index (χ1n) is 11.8. The van der Waals surface area contributed by atoms with Crippen LogP contribution in [0.5, 0.6) is 11.5 Å². The monoisotopic (exact) mass is 449 g/mol. The fourth-order valence-electron chi connectivity index (χ4n) is 4.14. The summed E-state index contributed by atoms with van der Waals surface area (Å²) in [7, 11) is 0. The van der Waals surface area contributed by atoms with Gasteiger partial charge in [-0.05, 0) is 62.9 Å². The summed E-state index contributed by atoms with van der Waals surface area (Å²) in [6.07, 6.45) is 6.22. The number of nitrogens with zero attached hydrogens (tertiary/aromatic N) is 3. The van der Waals surface area contributed by atoms with E-state index in [2.05, 4.69) is 33.5 Å². The van der Waals surface area contributed by atoms with Crippen molar-refractivity contribution < 1.29 is 14.6 Å². The van der Waals surface area contributed by atoms with Gasteiger partial charge in [0.1, 0.15) is 29.5 Å². The minimum absolute atomic E-state index is 0.344. The van der Waals surface area contributed by atoms with Crippen molar-refractivity contribution in [1.29, 1.82) is 0 Å². The molecule has 0 atom stereocenters. The molecule has 1 fully saturated rings. The second-order valence-corrected chi connectivity index (χ2v) is 9.12. The van der Waals surface area contributed by atoms with Crippen molar-refractivity contribution in [3.8, 4) is 11.5 Å². The third-order valence-electron chi connectivity index (χ3n) is 6.38. The number of piperidine rings is 1. The zero-order chi connectivity index (χ0) is 23.1. The van der Waals surface area contributed by atoms with Crippen molar-refractivity contribution in [2.75, 3.05) is 26.3 Å². The molecular weight excluding hydrogens is 414 g/mol. The van der Waals surface area contributed by atoms with Gasteiger partial charge in [-0.2, -0.15) is 0 Å². The number of hydrogen-bond acceptors (Lipinski definition) is 5. The normalized spacial score (nSPS) is 16.0. The van der Waals surface area contributed by atoms with E-state index in [1.165, 1.54) is 11.1 Å². The van der Waals surface area contributed by atoms with Gasteiger partial charge in [0.2, 0.25) is 0 Å². The van der Waals surface area contributed by atoms with Gasteiger partial charge in [0.05, 0.1) is 6.61 Å². The molecule has 1 N–H and O–H groups in total. The van der Waals surface area contributed by atoms with Gasteiger partial charge >= 0.3 is 0 Å². The number of likely N-dealkylation sites (tertiary alicyclic amines) is 1. The molecule has 0 amide bonds.